The Hall–Kier alpha value is -3.27. The molecule has 180 valence electrons. The smallest absolute Gasteiger partial charge is 0.247 e. The summed E-state index contributed by atoms with van der Waals surface area (Å²) in [5, 5.41) is 3.00. The van der Waals surface area contributed by atoms with Crippen LogP contribution in [0.4, 0.5) is 5.69 Å². The zero-order valence-electron chi connectivity index (χ0n) is 18.9. The van der Waals surface area contributed by atoms with E-state index in [-0.39, 0.29) is 17.2 Å². The highest BCUT2D eigenvalue weighted by atomic mass is 35.5. The maximum atomic E-state index is 13.7. The lowest BCUT2D eigenvalue weighted by molar-refractivity contribution is -0.116. The fourth-order valence-electron chi connectivity index (χ4n) is 3.24. The highest BCUT2D eigenvalue weighted by molar-refractivity contribution is 7.89. The van der Waals surface area contributed by atoms with Crippen LogP contribution in [0.1, 0.15) is 5.56 Å². The zero-order valence-corrected chi connectivity index (χ0v) is 20.5. The van der Waals surface area contributed by atoms with Gasteiger partial charge >= 0.3 is 0 Å². The summed E-state index contributed by atoms with van der Waals surface area (Å²) in [4.78, 5) is 12.8. The van der Waals surface area contributed by atoms with Gasteiger partial charge in [0.15, 0.2) is 0 Å². The quantitative estimate of drug-likeness (QED) is 0.445. The molecule has 0 bridgehead atoms. The number of amides is 1. The van der Waals surface area contributed by atoms with Crippen molar-refractivity contribution < 1.29 is 27.4 Å². The molecule has 3 rings (SSSR count). The first-order valence-corrected chi connectivity index (χ1v) is 12.0. The van der Waals surface area contributed by atoms with Crippen LogP contribution in [0.3, 0.4) is 0 Å². The van der Waals surface area contributed by atoms with Gasteiger partial charge in [-0.3, -0.25) is 4.79 Å². The summed E-state index contributed by atoms with van der Waals surface area (Å²) in [6, 6.07) is 18.2. The number of carbonyl (C=O) groups excluding carboxylic acids is 1. The molecule has 0 aliphatic carbocycles. The second-order valence-electron chi connectivity index (χ2n) is 7.17. The lowest BCUT2D eigenvalue weighted by Gasteiger charge is -2.23. The van der Waals surface area contributed by atoms with Gasteiger partial charge in [0.25, 0.3) is 0 Å². The van der Waals surface area contributed by atoms with Crippen molar-refractivity contribution in [3.8, 4) is 17.2 Å². The van der Waals surface area contributed by atoms with Crippen molar-refractivity contribution in [2.24, 2.45) is 0 Å². The second-order valence-corrected chi connectivity index (χ2v) is 9.49. The molecule has 0 spiro atoms. The first kappa shape index (κ1) is 25.4. The third-order valence-electron chi connectivity index (χ3n) is 4.95. The van der Waals surface area contributed by atoms with E-state index in [1.807, 2.05) is 6.07 Å². The average Bonchev–Trinajstić information content (AvgIpc) is 2.84. The molecule has 0 aromatic heterocycles. The van der Waals surface area contributed by atoms with Crippen molar-refractivity contribution in [3.05, 3.63) is 77.3 Å². The number of methoxy groups -OCH3 is 3. The molecule has 3 aromatic carbocycles. The third kappa shape index (κ3) is 5.99. The predicted octanol–water partition coefficient (Wildman–Crippen LogP) is 4.20. The summed E-state index contributed by atoms with van der Waals surface area (Å²) >= 11 is 6.13. The van der Waals surface area contributed by atoms with E-state index >= 15 is 0 Å². The van der Waals surface area contributed by atoms with E-state index in [1.165, 1.54) is 39.5 Å². The number of nitrogens with one attached hydrogen (secondary N) is 1. The van der Waals surface area contributed by atoms with Crippen LogP contribution in [0.5, 0.6) is 17.2 Å². The monoisotopic (exact) mass is 504 g/mol. The van der Waals surface area contributed by atoms with Crippen LogP contribution in [0.15, 0.2) is 71.6 Å². The Morgan fingerprint density at radius 3 is 2.21 bits per heavy atom. The van der Waals surface area contributed by atoms with Gasteiger partial charge in [0.05, 0.1) is 32.9 Å². The van der Waals surface area contributed by atoms with Crippen LogP contribution in [0.25, 0.3) is 0 Å². The number of hydrogen-bond donors (Lipinski definition) is 1. The van der Waals surface area contributed by atoms with Crippen molar-refractivity contribution in [3.63, 3.8) is 0 Å². The van der Waals surface area contributed by atoms with Gasteiger partial charge < -0.3 is 19.5 Å². The van der Waals surface area contributed by atoms with Gasteiger partial charge in [0, 0.05) is 18.3 Å². The Labute approximate surface area is 204 Å². The molecule has 0 unspecified atom stereocenters. The molecule has 1 amide bonds. The number of sulfonamides is 1. The Morgan fingerprint density at radius 1 is 0.912 bits per heavy atom. The van der Waals surface area contributed by atoms with Crippen LogP contribution < -0.4 is 19.5 Å². The lowest BCUT2D eigenvalue weighted by Crippen LogP contribution is -2.37. The molecular formula is C24H25ClN2O6S. The molecule has 10 heteroatoms. The Balaban J connectivity index is 1.94. The standard InChI is InChI=1S/C24H25ClN2O6S/c1-31-19-10-12-22(33-3)23(14-19)34(29,30)27(15-17-7-5-4-6-8-17)16-24(28)26-18-9-11-21(32-2)20(25)13-18/h4-14H,15-16H2,1-3H3,(H,26,28). The number of halogens is 1. The number of rotatable bonds is 10. The van der Waals surface area contributed by atoms with Crippen LogP contribution >= 0.6 is 11.6 Å². The van der Waals surface area contributed by atoms with Gasteiger partial charge in [-0.05, 0) is 35.9 Å². The van der Waals surface area contributed by atoms with Gasteiger partial charge in [0.2, 0.25) is 15.9 Å². The molecule has 3 aromatic rings. The van der Waals surface area contributed by atoms with Crippen molar-refractivity contribution in [1.29, 1.82) is 0 Å². The molecule has 1 N–H and O–H groups in total. The van der Waals surface area contributed by atoms with Crippen molar-refractivity contribution in [2.45, 2.75) is 11.4 Å². The number of carbonyl (C=O) groups is 1. The normalized spacial score (nSPS) is 11.2. The summed E-state index contributed by atoms with van der Waals surface area (Å²) < 4.78 is 44.0. The summed E-state index contributed by atoms with van der Waals surface area (Å²) in [5.41, 5.74) is 1.13. The minimum absolute atomic E-state index is 0.0275. The summed E-state index contributed by atoms with van der Waals surface area (Å²) in [5.74, 6) is 0.401. The first-order chi connectivity index (χ1) is 16.3. The SMILES string of the molecule is COc1ccc(OC)c(S(=O)(=O)N(CC(=O)Nc2ccc(OC)c(Cl)c2)Cc2ccccc2)c1. The molecule has 0 atom stereocenters. The van der Waals surface area contributed by atoms with Crippen molar-refractivity contribution >= 4 is 33.2 Å². The second kappa shape index (κ2) is 11.2. The molecule has 34 heavy (non-hydrogen) atoms. The fourth-order valence-corrected chi connectivity index (χ4v) is 5.06. The average molecular weight is 505 g/mol. The highest BCUT2D eigenvalue weighted by Crippen LogP contribution is 2.32. The number of hydrogen-bond acceptors (Lipinski definition) is 6. The molecule has 0 fully saturated rings. The van der Waals surface area contributed by atoms with Crippen LogP contribution in [0.2, 0.25) is 5.02 Å². The van der Waals surface area contributed by atoms with Gasteiger partial charge in [0.1, 0.15) is 22.1 Å². The highest BCUT2D eigenvalue weighted by Gasteiger charge is 2.30. The molecule has 0 saturated heterocycles. The van der Waals surface area contributed by atoms with E-state index in [1.54, 1.807) is 42.5 Å². The van der Waals surface area contributed by atoms with Crippen LogP contribution in [-0.4, -0.2) is 46.5 Å². The van der Waals surface area contributed by atoms with Gasteiger partial charge in [-0.15, -0.1) is 0 Å². The maximum Gasteiger partial charge on any atom is 0.247 e. The molecule has 0 radical (unpaired) electrons. The van der Waals surface area contributed by atoms with E-state index in [4.69, 9.17) is 25.8 Å². The maximum absolute atomic E-state index is 13.7. The van der Waals surface area contributed by atoms with E-state index in [9.17, 15) is 13.2 Å². The van der Waals surface area contributed by atoms with Crippen molar-refractivity contribution in [1.82, 2.24) is 4.31 Å². The van der Waals surface area contributed by atoms with Crippen LogP contribution in [-0.2, 0) is 21.4 Å². The van der Waals surface area contributed by atoms with E-state index in [2.05, 4.69) is 5.32 Å². The fraction of sp³-hybridized carbons (Fsp3) is 0.208. The summed E-state index contributed by atoms with van der Waals surface area (Å²) in [7, 11) is 0.141. The van der Waals surface area contributed by atoms with Crippen LogP contribution in [0, 0.1) is 0 Å². The zero-order chi connectivity index (χ0) is 24.7. The van der Waals surface area contributed by atoms with Gasteiger partial charge in [-0.2, -0.15) is 4.31 Å². The number of benzene rings is 3. The van der Waals surface area contributed by atoms with Crippen molar-refractivity contribution in [2.75, 3.05) is 33.2 Å². The molecule has 0 heterocycles. The predicted molar refractivity (Wildman–Crippen MR) is 130 cm³/mol. The molecule has 0 aliphatic rings. The Bertz CT molecular complexity index is 1250. The molecule has 0 saturated carbocycles. The Morgan fingerprint density at radius 2 is 1.59 bits per heavy atom. The first-order valence-electron chi connectivity index (χ1n) is 10.2. The van der Waals surface area contributed by atoms with E-state index in [0.29, 0.717) is 27.8 Å². The molecule has 8 nitrogen and oxygen atoms in total. The lowest BCUT2D eigenvalue weighted by atomic mass is 10.2. The number of ether oxygens (including phenoxy) is 3. The summed E-state index contributed by atoms with van der Waals surface area (Å²) in [6.07, 6.45) is 0. The topological polar surface area (TPSA) is 94.2 Å². The molecule has 0 aliphatic heterocycles. The number of anilines is 1. The number of nitrogens with zero attached hydrogens (tertiary/aromatic N) is 1. The Kier molecular flexibility index (Phi) is 8.38. The minimum atomic E-state index is -4.16. The van der Waals surface area contributed by atoms with E-state index in [0.717, 1.165) is 4.31 Å². The molecular weight excluding hydrogens is 480 g/mol. The van der Waals surface area contributed by atoms with Gasteiger partial charge in [-0.1, -0.05) is 41.9 Å². The van der Waals surface area contributed by atoms with E-state index < -0.39 is 22.5 Å². The third-order valence-corrected chi connectivity index (χ3v) is 7.05. The minimum Gasteiger partial charge on any atom is -0.497 e. The van der Waals surface area contributed by atoms with Gasteiger partial charge in [-0.25, -0.2) is 8.42 Å². The summed E-state index contributed by atoms with van der Waals surface area (Å²) in [6.45, 7) is -0.471. The largest absolute Gasteiger partial charge is 0.497 e.